The Morgan fingerprint density at radius 3 is 2.42 bits per heavy atom. The van der Waals surface area contributed by atoms with Crippen LogP contribution in [0.15, 0.2) is 53.5 Å². The van der Waals surface area contributed by atoms with Crippen molar-refractivity contribution >= 4 is 29.0 Å². The van der Waals surface area contributed by atoms with E-state index in [2.05, 4.69) is 59.2 Å². The van der Waals surface area contributed by atoms with Crippen LogP contribution in [0.3, 0.4) is 0 Å². The van der Waals surface area contributed by atoms with Crippen molar-refractivity contribution in [2.24, 2.45) is 4.99 Å². The number of para-hydroxylation sites is 2. The number of hydrogen-bond acceptors (Lipinski definition) is 4. The molecule has 2 heterocycles. The molecule has 5 heteroatoms. The van der Waals surface area contributed by atoms with Crippen LogP contribution in [0, 0.1) is 0 Å². The van der Waals surface area contributed by atoms with Crippen molar-refractivity contribution in [1.29, 1.82) is 0 Å². The Labute approximate surface area is 159 Å². The van der Waals surface area contributed by atoms with Gasteiger partial charge in [0.2, 0.25) is 0 Å². The standard InChI is InChI=1S/C21H25N3OS/c1-25-15-17-8-6-16(7-9-17)14-22-20-21(10-12-26-13-11-21)24-19-5-3-2-4-18(19)23-20/h2-9,24H,10-15H2,1H3,(H,22,23). The predicted molar refractivity (Wildman–Crippen MR) is 111 cm³/mol. The summed E-state index contributed by atoms with van der Waals surface area (Å²) in [6, 6.07) is 16.9. The monoisotopic (exact) mass is 367 g/mol. The quantitative estimate of drug-likeness (QED) is 0.833. The zero-order valence-corrected chi connectivity index (χ0v) is 15.9. The fraction of sp³-hybridized carbons (Fsp3) is 0.381. The van der Waals surface area contributed by atoms with Gasteiger partial charge in [-0.2, -0.15) is 11.8 Å². The lowest BCUT2D eigenvalue weighted by atomic mass is 9.87. The van der Waals surface area contributed by atoms with E-state index in [4.69, 9.17) is 9.73 Å². The first kappa shape index (κ1) is 17.4. The van der Waals surface area contributed by atoms with Crippen LogP contribution >= 0.6 is 11.8 Å². The highest BCUT2D eigenvalue weighted by Gasteiger charge is 2.40. The van der Waals surface area contributed by atoms with Gasteiger partial charge >= 0.3 is 0 Å². The van der Waals surface area contributed by atoms with Gasteiger partial charge in [-0.05, 0) is 47.6 Å². The number of amidine groups is 1. The summed E-state index contributed by atoms with van der Waals surface area (Å²) >= 11 is 2.03. The number of ether oxygens (including phenoxy) is 1. The van der Waals surface area contributed by atoms with E-state index < -0.39 is 0 Å². The highest BCUT2D eigenvalue weighted by atomic mass is 32.2. The number of aliphatic imine (C=N–C) groups is 1. The Morgan fingerprint density at radius 1 is 1.00 bits per heavy atom. The van der Waals surface area contributed by atoms with Gasteiger partial charge in [-0.15, -0.1) is 0 Å². The minimum absolute atomic E-state index is 0.0599. The number of benzene rings is 2. The maximum absolute atomic E-state index is 5.18. The summed E-state index contributed by atoms with van der Waals surface area (Å²) in [5.41, 5.74) is 4.65. The second-order valence-electron chi connectivity index (χ2n) is 6.90. The molecule has 1 fully saturated rings. The van der Waals surface area contributed by atoms with E-state index in [1.807, 2.05) is 11.8 Å². The first-order valence-corrected chi connectivity index (χ1v) is 10.3. The second kappa shape index (κ2) is 7.72. The maximum Gasteiger partial charge on any atom is 0.127 e. The van der Waals surface area contributed by atoms with Crippen LogP contribution in [0.25, 0.3) is 0 Å². The van der Waals surface area contributed by atoms with E-state index in [0.29, 0.717) is 13.2 Å². The average molecular weight is 368 g/mol. The Morgan fingerprint density at radius 2 is 1.69 bits per heavy atom. The van der Waals surface area contributed by atoms with E-state index in [0.717, 1.165) is 24.4 Å². The molecule has 4 rings (SSSR count). The van der Waals surface area contributed by atoms with E-state index >= 15 is 0 Å². The third-order valence-electron chi connectivity index (χ3n) is 5.11. The maximum atomic E-state index is 5.18. The number of nitrogens with zero attached hydrogens (tertiary/aromatic N) is 1. The van der Waals surface area contributed by atoms with E-state index in [1.165, 1.54) is 28.3 Å². The molecule has 0 atom stereocenters. The fourth-order valence-corrected chi connectivity index (χ4v) is 4.81. The Kier molecular flexibility index (Phi) is 5.18. The summed E-state index contributed by atoms with van der Waals surface area (Å²) in [5.74, 6) is 3.42. The Balaban J connectivity index is 1.58. The topological polar surface area (TPSA) is 45.6 Å². The molecule has 2 aromatic carbocycles. The molecule has 1 spiro atoms. The van der Waals surface area contributed by atoms with Crippen LogP contribution in [0.4, 0.5) is 11.4 Å². The molecule has 0 amide bonds. The highest BCUT2D eigenvalue weighted by molar-refractivity contribution is 7.99. The summed E-state index contributed by atoms with van der Waals surface area (Å²) in [6.45, 7) is 1.34. The van der Waals surface area contributed by atoms with Gasteiger partial charge in [0.25, 0.3) is 0 Å². The predicted octanol–water partition coefficient (Wildman–Crippen LogP) is 4.53. The molecule has 136 valence electrons. The summed E-state index contributed by atoms with van der Waals surface area (Å²) in [7, 11) is 1.72. The van der Waals surface area contributed by atoms with E-state index in [1.54, 1.807) is 7.11 Å². The van der Waals surface area contributed by atoms with Crippen molar-refractivity contribution < 1.29 is 4.74 Å². The van der Waals surface area contributed by atoms with Crippen LogP contribution in [0.5, 0.6) is 0 Å². The fourth-order valence-electron chi connectivity index (χ4n) is 3.62. The normalized spacial score (nSPS) is 19.7. The van der Waals surface area contributed by atoms with Crippen LogP contribution in [-0.2, 0) is 17.9 Å². The number of fused-ring (bicyclic) bond motifs is 1. The van der Waals surface area contributed by atoms with Gasteiger partial charge < -0.3 is 15.4 Å². The molecule has 2 aromatic rings. The minimum atomic E-state index is -0.0599. The molecule has 2 N–H and O–H groups in total. The van der Waals surface area contributed by atoms with Gasteiger partial charge in [-0.1, -0.05) is 36.4 Å². The Bertz CT molecular complexity index is 782. The van der Waals surface area contributed by atoms with Crippen LogP contribution in [-0.4, -0.2) is 30.0 Å². The van der Waals surface area contributed by atoms with Gasteiger partial charge in [-0.3, -0.25) is 4.99 Å². The van der Waals surface area contributed by atoms with Gasteiger partial charge in [0.15, 0.2) is 0 Å². The summed E-state index contributed by atoms with van der Waals surface area (Å²) in [5, 5.41) is 7.42. The molecular formula is C21H25N3OS. The molecular weight excluding hydrogens is 342 g/mol. The lowest BCUT2D eigenvalue weighted by Gasteiger charge is -2.43. The number of hydrogen-bond donors (Lipinski definition) is 2. The zero-order chi connectivity index (χ0) is 17.8. The first-order valence-electron chi connectivity index (χ1n) is 9.13. The smallest absolute Gasteiger partial charge is 0.127 e. The SMILES string of the molecule is COCc1ccc(CN=C2Nc3ccccc3NC23CCSCC3)cc1. The average Bonchev–Trinajstić information content (AvgIpc) is 2.68. The van der Waals surface area contributed by atoms with Crippen molar-refractivity contribution in [2.75, 3.05) is 29.2 Å². The van der Waals surface area contributed by atoms with Crippen molar-refractivity contribution in [3.05, 3.63) is 59.7 Å². The molecule has 26 heavy (non-hydrogen) atoms. The third-order valence-corrected chi connectivity index (χ3v) is 6.09. The Hall–Kier alpha value is -1.98. The highest BCUT2D eigenvalue weighted by Crippen LogP contribution is 2.38. The lowest BCUT2D eigenvalue weighted by Crippen LogP contribution is -2.54. The van der Waals surface area contributed by atoms with Gasteiger partial charge in [0.1, 0.15) is 5.84 Å². The molecule has 0 bridgehead atoms. The minimum Gasteiger partial charge on any atom is -0.380 e. The summed E-state index contributed by atoms with van der Waals surface area (Å²) in [6.07, 6.45) is 2.20. The van der Waals surface area contributed by atoms with Crippen molar-refractivity contribution in [3.63, 3.8) is 0 Å². The largest absolute Gasteiger partial charge is 0.380 e. The molecule has 0 unspecified atom stereocenters. The van der Waals surface area contributed by atoms with E-state index in [-0.39, 0.29) is 5.54 Å². The molecule has 2 aliphatic heterocycles. The number of rotatable bonds is 4. The van der Waals surface area contributed by atoms with Crippen LogP contribution < -0.4 is 10.6 Å². The molecule has 2 aliphatic rings. The summed E-state index contributed by atoms with van der Waals surface area (Å²) < 4.78 is 5.18. The molecule has 0 saturated carbocycles. The van der Waals surface area contributed by atoms with E-state index in [9.17, 15) is 0 Å². The number of anilines is 2. The lowest BCUT2D eigenvalue weighted by molar-refractivity contribution is 0.185. The molecule has 1 saturated heterocycles. The molecule has 0 aliphatic carbocycles. The van der Waals surface area contributed by atoms with Crippen molar-refractivity contribution in [3.8, 4) is 0 Å². The third kappa shape index (κ3) is 3.60. The molecule has 4 nitrogen and oxygen atoms in total. The van der Waals surface area contributed by atoms with Gasteiger partial charge in [0.05, 0.1) is 30.1 Å². The second-order valence-corrected chi connectivity index (χ2v) is 8.13. The first-order chi connectivity index (χ1) is 12.8. The number of nitrogens with one attached hydrogen (secondary N) is 2. The molecule has 0 radical (unpaired) electrons. The number of methoxy groups -OCH3 is 1. The van der Waals surface area contributed by atoms with Crippen molar-refractivity contribution in [2.45, 2.75) is 31.5 Å². The zero-order valence-electron chi connectivity index (χ0n) is 15.1. The van der Waals surface area contributed by atoms with Crippen LogP contribution in [0.1, 0.15) is 24.0 Å². The van der Waals surface area contributed by atoms with Gasteiger partial charge in [0, 0.05) is 7.11 Å². The number of thioether (sulfide) groups is 1. The van der Waals surface area contributed by atoms with Crippen molar-refractivity contribution in [1.82, 2.24) is 0 Å². The van der Waals surface area contributed by atoms with Gasteiger partial charge in [-0.25, -0.2) is 0 Å². The summed E-state index contributed by atoms with van der Waals surface area (Å²) in [4.78, 5) is 5.01. The molecule has 0 aromatic heterocycles. The van der Waals surface area contributed by atoms with Crippen LogP contribution in [0.2, 0.25) is 0 Å².